The highest BCUT2D eigenvalue weighted by Crippen LogP contribution is 2.32. The van der Waals surface area contributed by atoms with Gasteiger partial charge >= 0.3 is 0 Å². The number of amides is 1. The molecule has 0 aliphatic carbocycles. The van der Waals surface area contributed by atoms with Crippen molar-refractivity contribution >= 4 is 54.7 Å². The van der Waals surface area contributed by atoms with Crippen LogP contribution in [0, 0.1) is 0 Å². The summed E-state index contributed by atoms with van der Waals surface area (Å²) in [5.41, 5.74) is 3.25. The number of anilines is 1. The first-order valence-electron chi connectivity index (χ1n) is 10.8. The van der Waals surface area contributed by atoms with E-state index in [1.807, 2.05) is 53.9 Å². The molecule has 5 aromatic rings. The van der Waals surface area contributed by atoms with Gasteiger partial charge in [0.25, 0.3) is 5.56 Å². The largest absolute Gasteiger partial charge is 0.325 e. The molecule has 0 fully saturated rings. The predicted octanol–water partition coefficient (Wildman–Crippen LogP) is 5.72. The van der Waals surface area contributed by atoms with E-state index in [1.54, 1.807) is 11.3 Å². The number of hydrogen-bond donors (Lipinski definition) is 1. The monoisotopic (exact) mass is 474 g/mol. The number of benzene rings is 1. The van der Waals surface area contributed by atoms with Gasteiger partial charge in [-0.15, -0.1) is 22.7 Å². The van der Waals surface area contributed by atoms with E-state index in [0.29, 0.717) is 10.2 Å². The first-order chi connectivity index (χ1) is 16.1. The Morgan fingerprint density at radius 2 is 1.97 bits per heavy atom. The zero-order valence-corrected chi connectivity index (χ0v) is 19.7. The quantitative estimate of drug-likeness (QED) is 0.327. The van der Waals surface area contributed by atoms with Crippen LogP contribution in [0.25, 0.3) is 31.0 Å². The topological polar surface area (TPSA) is 76.9 Å². The maximum absolute atomic E-state index is 13.1. The van der Waals surface area contributed by atoms with Crippen molar-refractivity contribution in [1.29, 1.82) is 0 Å². The number of nitrogens with zero attached hydrogens (tertiary/aromatic N) is 3. The molecule has 0 aliphatic heterocycles. The van der Waals surface area contributed by atoms with E-state index in [4.69, 9.17) is 4.98 Å². The Morgan fingerprint density at radius 1 is 1.12 bits per heavy atom. The van der Waals surface area contributed by atoms with Gasteiger partial charge in [-0.2, -0.15) is 0 Å². The van der Waals surface area contributed by atoms with E-state index < -0.39 is 0 Å². The molecule has 166 valence electrons. The summed E-state index contributed by atoms with van der Waals surface area (Å²) in [6, 6.07) is 15.8. The van der Waals surface area contributed by atoms with Gasteiger partial charge in [-0.3, -0.25) is 14.2 Å². The molecule has 0 unspecified atom stereocenters. The van der Waals surface area contributed by atoms with Crippen molar-refractivity contribution in [2.45, 2.75) is 32.7 Å². The van der Waals surface area contributed by atoms with E-state index in [-0.39, 0.29) is 18.0 Å². The molecule has 1 aromatic carbocycles. The Labute approximate surface area is 198 Å². The molecule has 0 saturated heterocycles. The van der Waals surface area contributed by atoms with Crippen LogP contribution in [-0.2, 0) is 17.8 Å². The third-order valence-corrected chi connectivity index (χ3v) is 7.42. The minimum atomic E-state index is -0.265. The standard InChI is InChI=1S/C25H22N4O2S2/c1-2-3-5-16-7-9-17(10-8-16)27-21(30)14-29-15-26-22-18-11-12-19(20-6-4-13-32-20)28-24(18)33-23(22)25(29)31/h4,6-13,15H,2-3,5,14H2,1H3,(H,27,30). The highest BCUT2D eigenvalue weighted by Gasteiger charge is 2.15. The lowest BCUT2D eigenvalue weighted by Crippen LogP contribution is -2.27. The van der Waals surface area contributed by atoms with Crippen molar-refractivity contribution in [3.05, 3.63) is 76.2 Å². The van der Waals surface area contributed by atoms with Crippen LogP contribution in [0.3, 0.4) is 0 Å². The number of aromatic nitrogens is 3. The van der Waals surface area contributed by atoms with Crippen LogP contribution >= 0.6 is 22.7 Å². The van der Waals surface area contributed by atoms with Crippen molar-refractivity contribution in [2.24, 2.45) is 0 Å². The van der Waals surface area contributed by atoms with Crippen LogP contribution in [0.1, 0.15) is 25.3 Å². The lowest BCUT2D eigenvalue weighted by Gasteiger charge is -2.08. The fourth-order valence-corrected chi connectivity index (χ4v) is 5.49. The zero-order chi connectivity index (χ0) is 22.8. The van der Waals surface area contributed by atoms with Crippen LogP contribution in [-0.4, -0.2) is 20.4 Å². The Hall–Kier alpha value is -3.36. The fourth-order valence-electron chi connectivity index (χ4n) is 3.71. The summed E-state index contributed by atoms with van der Waals surface area (Å²) in [4.78, 5) is 36.7. The second-order valence-corrected chi connectivity index (χ2v) is 9.78. The number of rotatable bonds is 7. The molecular weight excluding hydrogens is 452 g/mol. The third-order valence-electron chi connectivity index (χ3n) is 5.45. The molecule has 0 bridgehead atoms. The Bertz CT molecular complexity index is 1490. The maximum Gasteiger partial charge on any atom is 0.271 e. The number of thiophene rings is 2. The summed E-state index contributed by atoms with van der Waals surface area (Å²) < 4.78 is 1.86. The van der Waals surface area contributed by atoms with E-state index in [1.165, 1.54) is 27.8 Å². The Morgan fingerprint density at radius 3 is 2.73 bits per heavy atom. The van der Waals surface area contributed by atoms with Gasteiger partial charge in [0.05, 0.1) is 22.4 Å². The fraction of sp³-hybridized carbons (Fsp3) is 0.200. The van der Waals surface area contributed by atoms with E-state index >= 15 is 0 Å². The zero-order valence-electron chi connectivity index (χ0n) is 18.1. The number of hydrogen-bond acceptors (Lipinski definition) is 6. The smallest absolute Gasteiger partial charge is 0.271 e. The molecule has 0 atom stereocenters. The average molecular weight is 475 g/mol. The summed E-state index contributed by atoms with van der Waals surface area (Å²) >= 11 is 2.94. The van der Waals surface area contributed by atoms with E-state index in [0.717, 1.165) is 45.7 Å². The van der Waals surface area contributed by atoms with Gasteiger partial charge in [-0.25, -0.2) is 9.97 Å². The summed E-state index contributed by atoms with van der Waals surface area (Å²) in [6.07, 6.45) is 4.77. The first-order valence-corrected chi connectivity index (χ1v) is 12.5. The molecule has 1 N–H and O–H groups in total. The SMILES string of the molecule is CCCCc1ccc(NC(=O)Cn2cnc3c(sc4nc(-c5cccs5)ccc43)c2=O)cc1. The second-order valence-electron chi connectivity index (χ2n) is 7.83. The van der Waals surface area contributed by atoms with Gasteiger partial charge in [-0.1, -0.05) is 31.5 Å². The number of unbranched alkanes of at least 4 members (excludes halogenated alkanes) is 1. The van der Waals surface area contributed by atoms with Crippen molar-refractivity contribution in [3.8, 4) is 10.6 Å². The van der Waals surface area contributed by atoms with Crippen molar-refractivity contribution in [3.63, 3.8) is 0 Å². The molecule has 4 aromatic heterocycles. The second kappa shape index (κ2) is 9.25. The first kappa shape index (κ1) is 21.5. The molecular formula is C25H22N4O2S2. The van der Waals surface area contributed by atoms with Gasteiger partial charge in [0.2, 0.25) is 5.91 Å². The van der Waals surface area contributed by atoms with Gasteiger partial charge in [0, 0.05) is 11.1 Å². The van der Waals surface area contributed by atoms with Gasteiger partial charge in [-0.05, 0) is 54.1 Å². The van der Waals surface area contributed by atoms with Crippen molar-refractivity contribution in [2.75, 3.05) is 5.32 Å². The number of fused-ring (bicyclic) bond motifs is 3. The molecule has 8 heteroatoms. The lowest BCUT2D eigenvalue weighted by molar-refractivity contribution is -0.116. The highest BCUT2D eigenvalue weighted by atomic mass is 32.1. The van der Waals surface area contributed by atoms with Crippen molar-refractivity contribution < 1.29 is 4.79 Å². The summed E-state index contributed by atoms with van der Waals surface area (Å²) in [7, 11) is 0. The number of carbonyl (C=O) groups excluding carboxylic acids is 1. The Kier molecular flexibility index (Phi) is 6.02. The molecule has 4 heterocycles. The molecule has 5 rings (SSSR count). The van der Waals surface area contributed by atoms with Gasteiger partial charge in [0.15, 0.2) is 0 Å². The van der Waals surface area contributed by atoms with E-state index in [9.17, 15) is 9.59 Å². The van der Waals surface area contributed by atoms with Crippen LogP contribution < -0.4 is 10.9 Å². The number of carbonyl (C=O) groups is 1. The number of nitrogens with one attached hydrogen (secondary N) is 1. The minimum absolute atomic E-state index is 0.0958. The van der Waals surface area contributed by atoms with Crippen molar-refractivity contribution in [1.82, 2.24) is 14.5 Å². The number of pyridine rings is 1. The molecule has 0 radical (unpaired) electrons. The Balaban J connectivity index is 1.37. The van der Waals surface area contributed by atoms with Crippen LogP contribution in [0.15, 0.2) is 65.0 Å². The summed E-state index contributed by atoms with van der Waals surface area (Å²) in [5.74, 6) is -0.265. The molecule has 33 heavy (non-hydrogen) atoms. The third kappa shape index (κ3) is 4.44. The molecule has 0 saturated carbocycles. The molecule has 0 aliphatic rings. The minimum Gasteiger partial charge on any atom is -0.325 e. The maximum atomic E-state index is 13.1. The molecule has 1 amide bonds. The van der Waals surface area contributed by atoms with Crippen LogP contribution in [0.5, 0.6) is 0 Å². The average Bonchev–Trinajstić information content (AvgIpc) is 3.48. The lowest BCUT2D eigenvalue weighted by atomic mass is 10.1. The van der Waals surface area contributed by atoms with E-state index in [2.05, 4.69) is 17.2 Å². The normalized spacial score (nSPS) is 11.3. The molecule has 0 spiro atoms. The van der Waals surface area contributed by atoms with Gasteiger partial charge < -0.3 is 5.32 Å². The predicted molar refractivity (Wildman–Crippen MR) is 136 cm³/mol. The summed E-state index contributed by atoms with van der Waals surface area (Å²) in [5, 5.41) is 5.73. The number of aryl methyl sites for hydroxylation is 1. The summed E-state index contributed by atoms with van der Waals surface area (Å²) in [6.45, 7) is 2.07. The van der Waals surface area contributed by atoms with Gasteiger partial charge in [0.1, 0.15) is 16.1 Å². The highest BCUT2D eigenvalue weighted by molar-refractivity contribution is 7.25. The van der Waals surface area contributed by atoms with Crippen LogP contribution in [0.2, 0.25) is 0 Å². The molecule has 6 nitrogen and oxygen atoms in total. The van der Waals surface area contributed by atoms with Crippen LogP contribution in [0.4, 0.5) is 5.69 Å².